The maximum atomic E-state index is 12.3. The number of aryl methyl sites for hydroxylation is 1. The van der Waals surface area contributed by atoms with Gasteiger partial charge in [0.15, 0.2) is 5.78 Å². The van der Waals surface area contributed by atoms with Crippen LogP contribution in [0.15, 0.2) is 18.2 Å². The van der Waals surface area contributed by atoms with Crippen LogP contribution in [0.4, 0.5) is 5.69 Å². The van der Waals surface area contributed by atoms with Crippen molar-refractivity contribution in [1.29, 1.82) is 0 Å². The predicted molar refractivity (Wildman–Crippen MR) is 87.7 cm³/mol. The van der Waals surface area contributed by atoms with Crippen LogP contribution in [-0.2, 0) is 11.2 Å². The molecule has 5 nitrogen and oxygen atoms in total. The number of ether oxygens (including phenoxy) is 1. The van der Waals surface area contributed by atoms with Crippen LogP contribution in [-0.4, -0.2) is 63.2 Å². The van der Waals surface area contributed by atoms with E-state index in [2.05, 4.69) is 15.5 Å². The molecule has 0 spiro atoms. The predicted octanol–water partition coefficient (Wildman–Crippen LogP) is 1.15. The molecule has 120 valence electrons. The van der Waals surface area contributed by atoms with E-state index in [1.807, 2.05) is 18.2 Å². The van der Waals surface area contributed by atoms with E-state index >= 15 is 0 Å². The summed E-state index contributed by atoms with van der Waals surface area (Å²) in [7, 11) is 0. The zero-order valence-corrected chi connectivity index (χ0v) is 13.1. The minimum atomic E-state index is 0.176. The van der Waals surface area contributed by atoms with Crippen molar-refractivity contribution in [3.8, 4) is 0 Å². The molecule has 2 heterocycles. The Morgan fingerprint density at radius 1 is 1.32 bits per heavy atom. The second-order valence-electron chi connectivity index (χ2n) is 5.96. The van der Waals surface area contributed by atoms with Crippen LogP contribution in [0.2, 0.25) is 0 Å². The van der Waals surface area contributed by atoms with E-state index < -0.39 is 0 Å². The number of morpholine rings is 1. The number of nitrogens with one attached hydrogen (secondary N) is 2. The van der Waals surface area contributed by atoms with Crippen LogP contribution in [0.25, 0.3) is 0 Å². The maximum Gasteiger partial charge on any atom is 0.176 e. The van der Waals surface area contributed by atoms with Crippen molar-refractivity contribution < 1.29 is 9.53 Å². The summed E-state index contributed by atoms with van der Waals surface area (Å²) < 4.78 is 5.33. The molecule has 0 amide bonds. The second kappa shape index (κ2) is 7.72. The van der Waals surface area contributed by atoms with Crippen molar-refractivity contribution >= 4 is 11.5 Å². The number of carbonyl (C=O) groups excluding carboxylic acids is 1. The molecular formula is C17H25N3O2. The number of rotatable bonds is 6. The molecular weight excluding hydrogens is 278 g/mol. The number of nitrogens with zero attached hydrogens (tertiary/aromatic N) is 1. The largest absolute Gasteiger partial charge is 0.385 e. The molecule has 0 atom stereocenters. The van der Waals surface area contributed by atoms with E-state index in [1.165, 1.54) is 11.3 Å². The summed E-state index contributed by atoms with van der Waals surface area (Å²) in [6.45, 7) is 6.90. The number of hydrogen-bond donors (Lipinski definition) is 2. The van der Waals surface area contributed by atoms with Gasteiger partial charge in [0.1, 0.15) is 0 Å². The number of anilines is 1. The lowest BCUT2D eigenvalue weighted by Crippen LogP contribution is -2.41. The van der Waals surface area contributed by atoms with E-state index in [9.17, 15) is 4.79 Å². The monoisotopic (exact) mass is 303 g/mol. The van der Waals surface area contributed by atoms with Gasteiger partial charge in [-0.15, -0.1) is 0 Å². The molecule has 3 rings (SSSR count). The Morgan fingerprint density at radius 2 is 2.18 bits per heavy atom. The van der Waals surface area contributed by atoms with Crippen molar-refractivity contribution in [2.24, 2.45) is 0 Å². The second-order valence-corrected chi connectivity index (χ2v) is 5.96. The summed E-state index contributed by atoms with van der Waals surface area (Å²) in [5, 5.41) is 6.64. The van der Waals surface area contributed by atoms with Gasteiger partial charge in [0, 0.05) is 44.0 Å². The first-order valence-electron chi connectivity index (χ1n) is 8.24. The van der Waals surface area contributed by atoms with Gasteiger partial charge in [-0.25, -0.2) is 0 Å². The summed E-state index contributed by atoms with van der Waals surface area (Å²) >= 11 is 0. The molecule has 0 radical (unpaired) electrons. The number of fused-ring (bicyclic) bond motifs is 1. The van der Waals surface area contributed by atoms with Crippen molar-refractivity contribution in [3.63, 3.8) is 0 Å². The van der Waals surface area contributed by atoms with E-state index in [-0.39, 0.29) is 5.78 Å². The normalized spacial score (nSPS) is 18.5. The highest BCUT2D eigenvalue weighted by molar-refractivity contribution is 5.98. The van der Waals surface area contributed by atoms with Gasteiger partial charge in [-0.05, 0) is 36.6 Å². The summed E-state index contributed by atoms with van der Waals surface area (Å²) in [6, 6.07) is 6.02. The lowest BCUT2D eigenvalue weighted by molar-refractivity contribution is 0.0384. The molecule has 2 N–H and O–H groups in total. The van der Waals surface area contributed by atoms with E-state index in [0.29, 0.717) is 6.54 Å². The molecule has 5 heteroatoms. The van der Waals surface area contributed by atoms with Crippen LogP contribution in [0.1, 0.15) is 22.3 Å². The Balaban J connectivity index is 1.43. The van der Waals surface area contributed by atoms with Crippen molar-refractivity contribution in [2.45, 2.75) is 12.8 Å². The standard InChI is InChI=1S/C17H25N3O2/c21-17(13-18-6-7-20-8-10-22-11-9-20)15-3-4-16-14(12-15)2-1-5-19-16/h3-4,12,18-19H,1-2,5-11,13H2. The van der Waals surface area contributed by atoms with Gasteiger partial charge in [0.2, 0.25) is 0 Å². The van der Waals surface area contributed by atoms with Crippen LogP contribution in [0.3, 0.4) is 0 Å². The van der Waals surface area contributed by atoms with E-state index in [1.54, 1.807) is 0 Å². The third-order valence-corrected chi connectivity index (χ3v) is 4.36. The van der Waals surface area contributed by atoms with Gasteiger partial charge >= 0.3 is 0 Å². The van der Waals surface area contributed by atoms with Gasteiger partial charge in [0.05, 0.1) is 19.8 Å². The smallest absolute Gasteiger partial charge is 0.176 e. The Labute approximate surface area is 132 Å². The average Bonchev–Trinajstić information content (AvgIpc) is 2.59. The highest BCUT2D eigenvalue weighted by Crippen LogP contribution is 2.22. The summed E-state index contributed by atoms with van der Waals surface area (Å²) in [6.07, 6.45) is 2.20. The lowest BCUT2D eigenvalue weighted by Gasteiger charge is -2.26. The topological polar surface area (TPSA) is 53.6 Å². The summed E-state index contributed by atoms with van der Waals surface area (Å²) in [4.78, 5) is 14.6. The van der Waals surface area contributed by atoms with Crippen LogP contribution >= 0.6 is 0 Å². The fourth-order valence-corrected chi connectivity index (χ4v) is 3.01. The molecule has 0 aromatic heterocycles. The number of benzene rings is 1. The SMILES string of the molecule is O=C(CNCCN1CCOCC1)c1ccc2c(c1)CCCN2. The molecule has 1 aromatic carbocycles. The lowest BCUT2D eigenvalue weighted by atomic mass is 9.99. The van der Waals surface area contributed by atoms with Gasteiger partial charge in [-0.1, -0.05) is 0 Å². The zero-order chi connectivity index (χ0) is 15.2. The van der Waals surface area contributed by atoms with Crippen LogP contribution in [0, 0.1) is 0 Å². The highest BCUT2D eigenvalue weighted by atomic mass is 16.5. The van der Waals surface area contributed by atoms with Crippen LogP contribution < -0.4 is 10.6 Å². The molecule has 2 aliphatic heterocycles. The fraction of sp³-hybridized carbons (Fsp3) is 0.588. The Hall–Kier alpha value is -1.43. The Morgan fingerprint density at radius 3 is 3.05 bits per heavy atom. The summed E-state index contributed by atoms with van der Waals surface area (Å²) in [5.74, 6) is 0.176. The number of hydrogen-bond acceptors (Lipinski definition) is 5. The highest BCUT2D eigenvalue weighted by Gasteiger charge is 2.13. The van der Waals surface area contributed by atoms with Gasteiger partial charge in [-0.2, -0.15) is 0 Å². The van der Waals surface area contributed by atoms with Gasteiger partial charge in [0.25, 0.3) is 0 Å². The third-order valence-electron chi connectivity index (χ3n) is 4.36. The first-order chi connectivity index (χ1) is 10.8. The van der Waals surface area contributed by atoms with E-state index in [0.717, 1.165) is 64.3 Å². The summed E-state index contributed by atoms with van der Waals surface area (Å²) in [5.41, 5.74) is 3.27. The molecule has 1 aromatic rings. The Kier molecular flexibility index (Phi) is 5.43. The average molecular weight is 303 g/mol. The third kappa shape index (κ3) is 4.06. The maximum absolute atomic E-state index is 12.3. The van der Waals surface area contributed by atoms with Crippen molar-refractivity contribution in [3.05, 3.63) is 29.3 Å². The van der Waals surface area contributed by atoms with Crippen molar-refractivity contribution in [1.82, 2.24) is 10.2 Å². The molecule has 22 heavy (non-hydrogen) atoms. The quantitative estimate of drug-likeness (QED) is 0.610. The molecule has 0 unspecified atom stereocenters. The number of carbonyl (C=O) groups is 1. The van der Waals surface area contributed by atoms with E-state index in [4.69, 9.17) is 4.74 Å². The van der Waals surface area contributed by atoms with Crippen molar-refractivity contribution in [2.75, 3.05) is 57.8 Å². The molecule has 0 saturated carbocycles. The minimum Gasteiger partial charge on any atom is -0.385 e. The van der Waals surface area contributed by atoms with Gasteiger partial charge in [-0.3, -0.25) is 9.69 Å². The zero-order valence-electron chi connectivity index (χ0n) is 13.1. The molecule has 2 aliphatic rings. The van der Waals surface area contributed by atoms with Gasteiger partial charge < -0.3 is 15.4 Å². The first kappa shape index (κ1) is 15.5. The molecule has 1 fully saturated rings. The fourth-order valence-electron chi connectivity index (χ4n) is 3.01. The Bertz CT molecular complexity index is 513. The minimum absolute atomic E-state index is 0.176. The molecule has 0 bridgehead atoms. The first-order valence-corrected chi connectivity index (χ1v) is 8.24. The molecule has 1 saturated heterocycles. The molecule has 0 aliphatic carbocycles. The number of ketones is 1. The van der Waals surface area contributed by atoms with Crippen LogP contribution in [0.5, 0.6) is 0 Å². The number of Topliss-reactive ketones (excluding diaryl/α,β-unsaturated/α-hetero) is 1.